The minimum absolute atomic E-state index is 0.446. The molecule has 2 aromatic rings. The Kier molecular flexibility index (Phi) is 3.86. The fourth-order valence-corrected chi connectivity index (χ4v) is 2.28. The summed E-state index contributed by atoms with van der Waals surface area (Å²) in [6.07, 6.45) is 0. The molecule has 0 unspecified atom stereocenters. The number of anilines is 2. The van der Waals surface area contributed by atoms with E-state index in [-0.39, 0.29) is 0 Å². The van der Waals surface area contributed by atoms with Crippen LogP contribution in [0.25, 0.3) is 0 Å². The largest absolute Gasteiger partial charge is 0.389 e. The van der Waals surface area contributed by atoms with Gasteiger partial charge < -0.3 is 10.6 Å². The van der Waals surface area contributed by atoms with Crippen molar-refractivity contribution < 1.29 is 0 Å². The Labute approximate surface area is 119 Å². The van der Waals surface area contributed by atoms with Gasteiger partial charge in [-0.2, -0.15) is 0 Å². The maximum absolute atomic E-state index is 5.69. The molecular formula is C16H18N2S. The molecule has 0 spiro atoms. The van der Waals surface area contributed by atoms with Crippen molar-refractivity contribution in [2.75, 3.05) is 11.9 Å². The fraction of sp³-hybridized carbons (Fsp3) is 0.188. The molecule has 2 rings (SSSR count). The van der Waals surface area contributed by atoms with E-state index in [0.717, 1.165) is 22.5 Å². The summed E-state index contributed by atoms with van der Waals surface area (Å²) in [6, 6.07) is 14.6. The molecule has 98 valence electrons. The normalized spacial score (nSPS) is 10.3. The SMILES string of the molecule is Cc1ccc(N(C)c2ccc(C(N)=S)c(C)c2)cc1. The first kappa shape index (κ1) is 13.6. The van der Waals surface area contributed by atoms with Crippen molar-refractivity contribution >= 4 is 28.6 Å². The molecule has 0 aromatic heterocycles. The summed E-state index contributed by atoms with van der Waals surface area (Å²) < 4.78 is 0. The molecule has 0 radical (unpaired) electrons. The molecule has 2 nitrogen and oxygen atoms in total. The molecule has 0 aliphatic heterocycles. The second kappa shape index (κ2) is 5.41. The molecule has 2 N–H and O–H groups in total. The van der Waals surface area contributed by atoms with Crippen molar-refractivity contribution in [1.29, 1.82) is 0 Å². The minimum atomic E-state index is 0.446. The smallest absolute Gasteiger partial charge is 0.104 e. The van der Waals surface area contributed by atoms with Crippen LogP contribution in [-0.2, 0) is 0 Å². The predicted octanol–water partition coefficient (Wildman–Crippen LogP) is 3.71. The Morgan fingerprint density at radius 3 is 2.11 bits per heavy atom. The highest BCUT2D eigenvalue weighted by Crippen LogP contribution is 2.25. The Balaban J connectivity index is 2.34. The van der Waals surface area contributed by atoms with Crippen LogP contribution in [0.4, 0.5) is 11.4 Å². The summed E-state index contributed by atoms with van der Waals surface area (Å²) in [6.45, 7) is 4.12. The van der Waals surface area contributed by atoms with Gasteiger partial charge in [-0.05, 0) is 49.7 Å². The summed E-state index contributed by atoms with van der Waals surface area (Å²) in [5.74, 6) is 0. The van der Waals surface area contributed by atoms with Gasteiger partial charge in [0.2, 0.25) is 0 Å². The van der Waals surface area contributed by atoms with Crippen LogP contribution in [0.2, 0.25) is 0 Å². The molecular weight excluding hydrogens is 252 g/mol. The van der Waals surface area contributed by atoms with Gasteiger partial charge in [0.05, 0.1) is 0 Å². The fourth-order valence-electron chi connectivity index (χ4n) is 2.05. The zero-order chi connectivity index (χ0) is 14.0. The molecule has 2 aromatic carbocycles. The van der Waals surface area contributed by atoms with Crippen molar-refractivity contribution in [2.45, 2.75) is 13.8 Å². The van der Waals surface area contributed by atoms with Crippen LogP contribution < -0.4 is 10.6 Å². The summed E-state index contributed by atoms with van der Waals surface area (Å²) in [4.78, 5) is 2.59. The van der Waals surface area contributed by atoms with Crippen LogP contribution in [0.1, 0.15) is 16.7 Å². The molecule has 3 heteroatoms. The third-order valence-electron chi connectivity index (χ3n) is 3.28. The van der Waals surface area contributed by atoms with Crippen LogP contribution >= 0.6 is 12.2 Å². The van der Waals surface area contributed by atoms with E-state index in [4.69, 9.17) is 18.0 Å². The monoisotopic (exact) mass is 270 g/mol. The number of rotatable bonds is 3. The standard InChI is InChI=1S/C16H18N2S/c1-11-4-6-13(7-5-11)18(3)14-8-9-15(16(17)19)12(2)10-14/h4-10H,1-3H3,(H2,17,19). The van der Waals surface area contributed by atoms with E-state index in [1.165, 1.54) is 5.56 Å². The Bertz CT molecular complexity index is 603. The van der Waals surface area contributed by atoms with E-state index in [0.29, 0.717) is 4.99 Å². The van der Waals surface area contributed by atoms with Crippen molar-refractivity contribution in [1.82, 2.24) is 0 Å². The summed E-state index contributed by atoms with van der Waals surface area (Å²) in [7, 11) is 2.06. The molecule has 0 aliphatic rings. The van der Waals surface area contributed by atoms with Gasteiger partial charge in [0.1, 0.15) is 4.99 Å². The second-order valence-corrected chi connectivity index (χ2v) is 5.20. The summed E-state index contributed by atoms with van der Waals surface area (Å²) in [5, 5.41) is 0. The van der Waals surface area contributed by atoms with Crippen LogP contribution in [0.15, 0.2) is 42.5 Å². The highest BCUT2D eigenvalue weighted by Gasteiger charge is 2.07. The van der Waals surface area contributed by atoms with Crippen LogP contribution in [-0.4, -0.2) is 12.0 Å². The Morgan fingerprint density at radius 2 is 1.58 bits per heavy atom. The van der Waals surface area contributed by atoms with Crippen LogP contribution in [0.5, 0.6) is 0 Å². The number of aryl methyl sites for hydroxylation is 2. The van der Waals surface area contributed by atoms with Crippen molar-refractivity contribution in [3.05, 3.63) is 59.2 Å². The topological polar surface area (TPSA) is 29.3 Å². The average Bonchev–Trinajstić information content (AvgIpc) is 2.38. The van der Waals surface area contributed by atoms with E-state index in [1.54, 1.807) is 0 Å². The summed E-state index contributed by atoms with van der Waals surface area (Å²) >= 11 is 5.03. The predicted molar refractivity (Wildman–Crippen MR) is 86.3 cm³/mol. The number of nitrogens with zero attached hydrogens (tertiary/aromatic N) is 1. The van der Waals surface area contributed by atoms with Crippen molar-refractivity contribution in [3.8, 4) is 0 Å². The van der Waals surface area contributed by atoms with Gasteiger partial charge in [-0.1, -0.05) is 29.9 Å². The third kappa shape index (κ3) is 2.93. The third-order valence-corrected chi connectivity index (χ3v) is 3.50. The molecule has 0 heterocycles. The molecule has 0 bridgehead atoms. The number of benzene rings is 2. The lowest BCUT2D eigenvalue weighted by Gasteiger charge is -2.21. The van der Waals surface area contributed by atoms with Gasteiger partial charge in [0.15, 0.2) is 0 Å². The Morgan fingerprint density at radius 1 is 1.00 bits per heavy atom. The lowest BCUT2D eigenvalue weighted by atomic mass is 10.1. The van der Waals surface area contributed by atoms with Gasteiger partial charge in [-0.15, -0.1) is 0 Å². The first-order valence-corrected chi connectivity index (χ1v) is 6.60. The number of thiocarbonyl (C=S) groups is 1. The molecule has 0 atom stereocenters. The van der Waals surface area contributed by atoms with E-state index >= 15 is 0 Å². The zero-order valence-corrected chi connectivity index (χ0v) is 12.3. The first-order valence-electron chi connectivity index (χ1n) is 6.20. The molecule has 19 heavy (non-hydrogen) atoms. The molecule has 0 saturated heterocycles. The van der Waals surface area contributed by atoms with Gasteiger partial charge in [0.25, 0.3) is 0 Å². The number of hydrogen-bond donors (Lipinski definition) is 1. The lowest BCUT2D eigenvalue weighted by molar-refractivity contribution is 1.20. The zero-order valence-electron chi connectivity index (χ0n) is 11.5. The van der Waals surface area contributed by atoms with Crippen molar-refractivity contribution in [2.24, 2.45) is 5.73 Å². The minimum Gasteiger partial charge on any atom is -0.389 e. The van der Waals surface area contributed by atoms with E-state index < -0.39 is 0 Å². The average molecular weight is 270 g/mol. The van der Waals surface area contributed by atoms with Gasteiger partial charge >= 0.3 is 0 Å². The highest BCUT2D eigenvalue weighted by molar-refractivity contribution is 7.80. The van der Waals surface area contributed by atoms with Gasteiger partial charge in [-0.3, -0.25) is 0 Å². The lowest BCUT2D eigenvalue weighted by Crippen LogP contribution is -2.13. The maximum atomic E-state index is 5.69. The highest BCUT2D eigenvalue weighted by atomic mass is 32.1. The quantitative estimate of drug-likeness (QED) is 0.862. The second-order valence-electron chi connectivity index (χ2n) is 4.76. The van der Waals surface area contributed by atoms with Crippen molar-refractivity contribution in [3.63, 3.8) is 0 Å². The number of hydrogen-bond acceptors (Lipinski definition) is 2. The van der Waals surface area contributed by atoms with Crippen LogP contribution in [0, 0.1) is 13.8 Å². The van der Waals surface area contributed by atoms with E-state index in [2.05, 4.69) is 49.2 Å². The van der Waals surface area contributed by atoms with E-state index in [9.17, 15) is 0 Å². The van der Waals surface area contributed by atoms with Crippen LogP contribution in [0.3, 0.4) is 0 Å². The molecule has 0 fully saturated rings. The number of nitrogens with two attached hydrogens (primary N) is 1. The maximum Gasteiger partial charge on any atom is 0.104 e. The first-order chi connectivity index (χ1) is 8.99. The van der Waals surface area contributed by atoms with Gasteiger partial charge in [0, 0.05) is 24.0 Å². The van der Waals surface area contributed by atoms with E-state index in [1.807, 2.05) is 19.1 Å². The molecule has 0 amide bonds. The summed E-state index contributed by atoms with van der Waals surface area (Å²) in [5.41, 5.74) is 11.3. The molecule has 0 saturated carbocycles. The molecule has 0 aliphatic carbocycles. The van der Waals surface area contributed by atoms with Gasteiger partial charge in [-0.25, -0.2) is 0 Å². The Hall–Kier alpha value is -1.87.